The van der Waals surface area contributed by atoms with Gasteiger partial charge in [0.05, 0.1) is 0 Å². The van der Waals surface area contributed by atoms with Crippen LogP contribution in [0.5, 0.6) is 0 Å². The number of halogens is 1. The average Bonchev–Trinajstić information content (AvgIpc) is 2.44. The molecule has 20 heavy (non-hydrogen) atoms. The summed E-state index contributed by atoms with van der Waals surface area (Å²) in [6.45, 7) is 3.21. The van der Waals surface area contributed by atoms with E-state index in [9.17, 15) is 9.18 Å². The van der Waals surface area contributed by atoms with Crippen LogP contribution in [0.25, 0.3) is 0 Å². The number of amides is 1. The summed E-state index contributed by atoms with van der Waals surface area (Å²) >= 11 is 0. The molecule has 0 aliphatic carbocycles. The Morgan fingerprint density at radius 1 is 1.25 bits per heavy atom. The molecule has 1 rings (SSSR count). The third kappa shape index (κ3) is 5.70. The van der Waals surface area contributed by atoms with Gasteiger partial charge in [0.1, 0.15) is 5.82 Å². The molecule has 1 amide bonds. The van der Waals surface area contributed by atoms with Gasteiger partial charge in [-0.25, -0.2) is 4.39 Å². The zero-order valence-electron chi connectivity index (χ0n) is 12.3. The number of hydrogen-bond acceptors (Lipinski definition) is 2. The first-order valence-electron chi connectivity index (χ1n) is 7.45. The van der Waals surface area contributed by atoms with Crippen molar-refractivity contribution in [3.8, 4) is 0 Å². The average molecular weight is 280 g/mol. The van der Waals surface area contributed by atoms with Crippen LogP contribution in [0.4, 0.5) is 10.1 Å². The Morgan fingerprint density at radius 2 is 2.05 bits per heavy atom. The van der Waals surface area contributed by atoms with E-state index < -0.39 is 0 Å². The summed E-state index contributed by atoms with van der Waals surface area (Å²) in [5.74, 6) is -0.265. The number of hydrogen-bond donors (Lipinski definition) is 1. The molecule has 0 aliphatic rings. The van der Waals surface area contributed by atoms with Crippen molar-refractivity contribution in [3.05, 3.63) is 30.1 Å². The maximum Gasteiger partial charge on any atom is 0.226 e. The summed E-state index contributed by atoms with van der Waals surface area (Å²) in [6.07, 6.45) is 5.49. The van der Waals surface area contributed by atoms with Crippen LogP contribution in [0, 0.1) is 5.82 Å². The molecule has 0 aromatic heterocycles. The normalized spacial score (nSPS) is 10.6. The van der Waals surface area contributed by atoms with E-state index in [-0.39, 0.29) is 11.7 Å². The zero-order chi connectivity index (χ0) is 14.8. The van der Waals surface area contributed by atoms with Crippen molar-refractivity contribution in [3.63, 3.8) is 0 Å². The topological polar surface area (TPSA) is 46.3 Å². The van der Waals surface area contributed by atoms with Crippen LogP contribution in [-0.2, 0) is 4.79 Å². The van der Waals surface area contributed by atoms with Gasteiger partial charge in [-0.05, 0) is 37.6 Å². The van der Waals surface area contributed by atoms with Crippen molar-refractivity contribution in [2.24, 2.45) is 5.73 Å². The number of nitrogens with two attached hydrogens (primary N) is 1. The lowest BCUT2D eigenvalue weighted by molar-refractivity contribution is -0.118. The van der Waals surface area contributed by atoms with Crippen molar-refractivity contribution in [2.75, 3.05) is 18.0 Å². The fourth-order valence-corrected chi connectivity index (χ4v) is 2.13. The molecule has 0 bridgehead atoms. The zero-order valence-corrected chi connectivity index (χ0v) is 12.3. The second-order valence-electron chi connectivity index (χ2n) is 4.98. The first kappa shape index (κ1) is 16.6. The predicted octanol–water partition coefficient (Wildman–Crippen LogP) is 3.48. The van der Waals surface area contributed by atoms with E-state index in [4.69, 9.17) is 5.73 Å². The van der Waals surface area contributed by atoms with Crippen LogP contribution in [-0.4, -0.2) is 19.0 Å². The molecule has 1 aromatic rings. The Morgan fingerprint density at radius 3 is 2.70 bits per heavy atom. The molecule has 0 saturated carbocycles. The quantitative estimate of drug-likeness (QED) is 0.704. The minimum Gasteiger partial charge on any atom is -0.330 e. The standard InChI is InChI=1S/C16H25FN2O/c1-2-3-4-5-10-16(20)19(12-7-11-18)15-9-6-8-14(17)13-15/h6,8-9,13H,2-5,7,10-12,18H2,1H3. The fraction of sp³-hybridized carbons (Fsp3) is 0.562. The van der Waals surface area contributed by atoms with Gasteiger partial charge in [-0.15, -0.1) is 0 Å². The number of carbonyl (C=O) groups is 1. The van der Waals surface area contributed by atoms with Crippen molar-refractivity contribution in [1.82, 2.24) is 0 Å². The predicted molar refractivity (Wildman–Crippen MR) is 81.2 cm³/mol. The monoisotopic (exact) mass is 280 g/mol. The Kier molecular flexibility index (Phi) is 7.88. The lowest BCUT2D eigenvalue weighted by atomic mass is 10.1. The molecule has 0 aliphatic heterocycles. The summed E-state index contributed by atoms with van der Waals surface area (Å²) in [5, 5.41) is 0. The molecule has 1 aromatic carbocycles. The molecule has 0 heterocycles. The van der Waals surface area contributed by atoms with Crippen LogP contribution in [0.15, 0.2) is 24.3 Å². The van der Waals surface area contributed by atoms with Crippen LogP contribution in [0.2, 0.25) is 0 Å². The molecule has 0 atom stereocenters. The number of nitrogens with zero attached hydrogens (tertiary/aromatic N) is 1. The summed E-state index contributed by atoms with van der Waals surface area (Å²) in [6, 6.07) is 6.19. The van der Waals surface area contributed by atoms with E-state index in [1.54, 1.807) is 17.0 Å². The number of rotatable bonds is 9. The van der Waals surface area contributed by atoms with E-state index >= 15 is 0 Å². The number of anilines is 1. The van der Waals surface area contributed by atoms with Crippen molar-refractivity contribution < 1.29 is 9.18 Å². The molecule has 112 valence electrons. The number of unbranched alkanes of at least 4 members (excludes halogenated alkanes) is 3. The Labute approximate surface area is 121 Å². The summed E-state index contributed by atoms with van der Waals surface area (Å²) in [7, 11) is 0. The van der Waals surface area contributed by atoms with E-state index in [1.807, 2.05) is 0 Å². The first-order valence-corrected chi connectivity index (χ1v) is 7.45. The van der Waals surface area contributed by atoms with E-state index in [0.717, 1.165) is 32.1 Å². The molecule has 0 saturated heterocycles. The smallest absolute Gasteiger partial charge is 0.226 e. The molecular formula is C16H25FN2O. The summed E-state index contributed by atoms with van der Waals surface area (Å²) in [4.78, 5) is 13.9. The number of benzene rings is 1. The molecule has 3 nitrogen and oxygen atoms in total. The van der Waals surface area contributed by atoms with Gasteiger partial charge in [-0.3, -0.25) is 4.79 Å². The minimum atomic E-state index is -0.320. The molecule has 0 spiro atoms. The molecule has 0 fully saturated rings. The second kappa shape index (κ2) is 9.48. The van der Waals surface area contributed by atoms with E-state index in [0.29, 0.717) is 25.2 Å². The minimum absolute atomic E-state index is 0.0557. The molecule has 4 heteroatoms. The van der Waals surface area contributed by atoms with Gasteiger partial charge in [0.25, 0.3) is 0 Å². The SMILES string of the molecule is CCCCCCC(=O)N(CCCN)c1cccc(F)c1. The fourth-order valence-electron chi connectivity index (χ4n) is 2.13. The maximum atomic E-state index is 13.3. The van der Waals surface area contributed by atoms with Gasteiger partial charge in [0.15, 0.2) is 0 Å². The molecule has 0 unspecified atom stereocenters. The third-order valence-electron chi connectivity index (χ3n) is 3.25. The van der Waals surface area contributed by atoms with Gasteiger partial charge in [-0.1, -0.05) is 32.3 Å². The van der Waals surface area contributed by atoms with Gasteiger partial charge in [-0.2, -0.15) is 0 Å². The van der Waals surface area contributed by atoms with Gasteiger partial charge < -0.3 is 10.6 Å². The van der Waals surface area contributed by atoms with Crippen molar-refractivity contribution >= 4 is 11.6 Å². The van der Waals surface area contributed by atoms with Gasteiger partial charge >= 0.3 is 0 Å². The van der Waals surface area contributed by atoms with Crippen LogP contribution >= 0.6 is 0 Å². The van der Waals surface area contributed by atoms with Gasteiger partial charge in [0.2, 0.25) is 5.91 Å². The number of carbonyl (C=O) groups excluding carboxylic acids is 1. The Hall–Kier alpha value is -1.42. The van der Waals surface area contributed by atoms with Crippen LogP contribution < -0.4 is 10.6 Å². The maximum absolute atomic E-state index is 13.3. The van der Waals surface area contributed by atoms with Crippen molar-refractivity contribution in [2.45, 2.75) is 45.4 Å². The summed E-state index contributed by atoms with van der Waals surface area (Å²) in [5.41, 5.74) is 6.14. The van der Waals surface area contributed by atoms with E-state index in [2.05, 4.69) is 6.92 Å². The molecule has 0 radical (unpaired) electrons. The van der Waals surface area contributed by atoms with E-state index in [1.165, 1.54) is 12.1 Å². The Balaban J connectivity index is 2.65. The largest absolute Gasteiger partial charge is 0.330 e. The van der Waals surface area contributed by atoms with Crippen LogP contribution in [0.3, 0.4) is 0 Å². The van der Waals surface area contributed by atoms with Gasteiger partial charge in [0, 0.05) is 18.7 Å². The first-order chi connectivity index (χ1) is 9.69. The highest BCUT2D eigenvalue weighted by molar-refractivity contribution is 5.93. The Bertz CT molecular complexity index is 409. The van der Waals surface area contributed by atoms with Crippen LogP contribution in [0.1, 0.15) is 45.4 Å². The highest BCUT2D eigenvalue weighted by Gasteiger charge is 2.15. The highest BCUT2D eigenvalue weighted by atomic mass is 19.1. The summed E-state index contributed by atoms with van der Waals surface area (Å²) < 4.78 is 13.3. The molecule has 2 N–H and O–H groups in total. The molecular weight excluding hydrogens is 255 g/mol. The lowest BCUT2D eigenvalue weighted by Crippen LogP contribution is -2.32. The third-order valence-corrected chi connectivity index (χ3v) is 3.25. The highest BCUT2D eigenvalue weighted by Crippen LogP contribution is 2.18. The second-order valence-corrected chi connectivity index (χ2v) is 4.98. The lowest BCUT2D eigenvalue weighted by Gasteiger charge is -2.23. The van der Waals surface area contributed by atoms with Crippen molar-refractivity contribution in [1.29, 1.82) is 0 Å².